The van der Waals surface area contributed by atoms with Gasteiger partial charge in [-0.1, -0.05) is 18.2 Å². The van der Waals surface area contributed by atoms with E-state index in [2.05, 4.69) is 0 Å². The summed E-state index contributed by atoms with van der Waals surface area (Å²) in [6.45, 7) is 3.81. The van der Waals surface area contributed by atoms with Gasteiger partial charge in [0.1, 0.15) is 0 Å². The molecule has 1 aromatic rings. The number of fused-ring (bicyclic) bond motifs is 5. The van der Waals surface area contributed by atoms with E-state index in [4.69, 9.17) is 4.74 Å². The Bertz CT molecular complexity index is 579. The molecule has 3 aliphatic rings. The third-order valence-electron chi connectivity index (χ3n) is 5.70. The zero-order valence-electron chi connectivity index (χ0n) is 11.6. The Hall–Kier alpha value is -1.68. The molecule has 0 aliphatic carbocycles. The van der Waals surface area contributed by atoms with Crippen molar-refractivity contribution < 1.29 is 14.3 Å². The van der Waals surface area contributed by atoms with Crippen LogP contribution in [0.25, 0.3) is 0 Å². The second-order valence-corrected chi connectivity index (χ2v) is 6.38. The quantitative estimate of drug-likeness (QED) is 0.735. The van der Waals surface area contributed by atoms with E-state index in [1.54, 1.807) is 0 Å². The lowest BCUT2D eigenvalue weighted by Gasteiger charge is -2.36. The molecule has 4 rings (SSSR count). The highest BCUT2D eigenvalue weighted by molar-refractivity contribution is 6.26. The smallest absolute Gasteiger partial charge is 0.243 e. The van der Waals surface area contributed by atoms with E-state index in [0.29, 0.717) is 5.69 Å². The van der Waals surface area contributed by atoms with Crippen LogP contribution in [0.2, 0.25) is 0 Å². The lowest BCUT2D eigenvalue weighted by atomic mass is 9.59. The summed E-state index contributed by atoms with van der Waals surface area (Å²) in [6.07, 6.45) is 1.50. The van der Waals surface area contributed by atoms with Gasteiger partial charge in [-0.2, -0.15) is 0 Å². The fraction of sp³-hybridized carbons (Fsp3) is 0.500. The summed E-state index contributed by atoms with van der Waals surface area (Å²) in [5.74, 6) is -0.216. The summed E-state index contributed by atoms with van der Waals surface area (Å²) in [7, 11) is 0. The molecule has 2 bridgehead atoms. The van der Waals surface area contributed by atoms with Crippen LogP contribution in [0, 0.1) is 10.8 Å². The summed E-state index contributed by atoms with van der Waals surface area (Å²) in [4.78, 5) is 27.2. The van der Waals surface area contributed by atoms with Gasteiger partial charge in [0.2, 0.25) is 11.8 Å². The van der Waals surface area contributed by atoms with E-state index in [-0.39, 0.29) is 24.0 Å². The van der Waals surface area contributed by atoms with Crippen LogP contribution in [0.3, 0.4) is 0 Å². The van der Waals surface area contributed by atoms with Crippen molar-refractivity contribution in [2.45, 2.75) is 38.9 Å². The van der Waals surface area contributed by atoms with Crippen molar-refractivity contribution in [1.82, 2.24) is 0 Å². The van der Waals surface area contributed by atoms with Gasteiger partial charge >= 0.3 is 0 Å². The largest absolute Gasteiger partial charge is 0.373 e. The highest BCUT2D eigenvalue weighted by atomic mass is 16.5. The molecule has 0 radical (unpaired) electrons. The molecule has 20 heavy (non-hydrogen) atoms. The summed E-state index contributed by atoms with van der Waals surface area (Å²) < 4.78 is 5.90. The van der Waals surface area contributed by atoms with E-state index in [1.807, 2.05) is 44.2 Å². The Labute approximate surface area is 117 Å². The van der Waals surface area contributed by atoms with Gasteiger partial charge in [-0.15, -0.1) is 0 Å². The van der Waals surface area contributed by atoms with Crippen molar-refractivity contribution >= 4 is 17.5 Å². The number of amides is 2. The number of carbonyl (C=O) groups is 2. The van der Waals surface area contributed by atoms with E-state index in [9.17, 15) is 9.59 Å². The third-order valence-corrected chi connectivity index (χ3v) is 5.70. The van der Waals surface area contributed by atoms with Crippen LogP contribution in [-0.4, -0.2) is 24.0 Å². The average Bonchev–Trinajstić information content (AvgIpc) is 3.06. The number of nitrogens with zero attached hydrogens (tertiary/aromatic N) is 1. The lowest BCUT2D eigenvalue weighted by Crippen LogP contribution is -2.48. The number of para-hydroxylation sites is 1. The third kappa shape index (κ3) is 1.05. The number of carbonyl (C=O) groups excluding carboxylic acids is 2. The highest BCUT2D eigenvalue weighted by Crippen LogP contribution is 2.64. The van der Waals surface area contributed by atoms with Gasteiger partial charge in [0.05, 0.1) is 28.7 Å². The molecule has 4 heteroatoms. The molecule has 0 saturated carbocycles. The summed E-state index contributed by atoms with van der Waals surface area (Å²) in [5, 5.41) is 0. The minimum Gasteiger partial charge on any atom is -0.373 e. The second-order valence-electron chi connectivity index (χ2n) is 6.38. The number of rotatable bonds is 1. The SMILES string of the molecule is C[C@@]12C(=O)N(c3ccccc3)C(=O)[C@]1(C)[C@H]1CC[C@@H]2O1. The Morgan fingerprint density at radius 2 is 1.50 bits per heavy atom. The van der Waals surface area contributed by atoms with E-state index in [1.165, 1.54) is 4.90 Å². The predicted molar refractivity (Wildman–Crippen MR) is 73.0 cm³/mol. The molecular formula is C16H17NO3. The van der Waals surface area contributed by atoms with Gasteiger partial charge in [0.15, 0.2) is 0 Å². The minimum absolute atomic E-state index is 0.108. The van der Waals surface area contributed by atoms with E-state index in [0.717, 1.165) is 12.8 Å². The van der Waals surface area contributed by atoms with E-state index < -0.39 is 10.8 Å². The van der Waals surface area contributed by atoms with Crippen molar-refractivity contribution in [2.75, 3.05) is 4.90 Å². The summed E-state index contributed by atoms with van der Waals surface area (Å²) in [5.41, 5.74) is -0.773. The highest BCUT2D eigenvalue weighted by Gasteiger charge is 2.77. The number of imide groups is 1. The normalized spacial score (nSPS) is 42.4. The van der Waals surface area contributed by atoms with Crippen molar-refractivity contribution in [3.05, 3.63) is 30.3 Å². The maximum absolute atomic E-state index is 12.9. The molecule has 1 aromatic carbocycles. The van der Waals surface area contributed by atoms with Crippen LogP contribution >= 0.6 is 0 Å². The first kappa shape index (κ1) is 12.1. The number of ether oxygens (including phenoxy) is 1. The van der Waals surface area contributed by atoms with Crippen molar-refractivity contribution in [3.63, 3.8) is 0 Å². The van der Waals surface area contributed by atoms with Crippen LogP contribution < -0.4 is 4.90 Å². The topological polar surface area (TPSA) is 46.6 Å². The van der Waals surface area contributed by atoms with Gasteiger partial charge in [0, 0.05) is 0 Å². The molecule has 3 heterocycles. The van der Waals surface area contributed by atoms with Crippen molar-refractivity contribution in [1.29, 1.82) is 0 Å². The molecule has 0 N–H and O–H groups in total. The number of anilines is 1. The predicted octanol–water partition coefficient (Wildman–Crippen LogP) is 2.13. The molecule has 3 fully saturated rings. The maximum Gasteiger partial charge on any atom is 0.243 e. The molecule has 3 saturated heterocycles. The van der Waals surface area contributed by atoms with E-state index >= 15 is 0 Å². The Morgan fingerprint density at radius 1 is 1.00 bits per heavy atom. The van der Waals surface area contributed by atoms with Crippen LogP contribution in [0.4, 0.5) is 5.69 Å². The molecule has 2 amide bonds. The van der Waals surface area contributed by atoms with Crippen LogP contribution in [0.1, 0.15) is 26.7 Å². The average molecular weight is 271 g/mol. The van der Waals surface area contributed by atoms with Crippen molar-refractivity contribution in [3.8, 4) is 0 Å². The molecule has 4 nitrogen and oxygen atoms in total. The summed E-state index contributed by atoms with van der Waals surface area (Å²) >= 11 is 0. The maximum atomic E-state index is 12.9. The molecule has 104 valence electrons. The number of hydrogen-bond acceptors (Lipinski definition) is 3. The van der Waals surface area contributed by atoms with Crippen LogP contribution in [0.5, 0.6) is 0 Å². The fourth-order valence-corrected chi connectivity index (χ4v) is 4.24. The Morgan fingerprint density at radius 3 is 2.00 bits per heavy atom. The van der Waals surface area contributed by atoms with Crippen LogP contribution in [0.15, 0.2) is 30.3 Å². The van der Waals surface area contributed by atoms with Crippen LogP contribution in [-0.2, 0) is 14.3 Å². The minimum atomic E-state index is -0.719. The first-order valence-electron chi connectivity index (χ1n) is 7.11. The zero-order valence-corrected chi connectivity index (χ0v) is 11.6. The monoisotopic (exact) mass is 271 g/mol. The van der Waals surface area contributed by atoms with Crippen molar-refractivity contribution in [2.24, 2.45) is 10.8 Å². The van der Waals surface area contributed by atoms with Gasteiger partial charge in [0.25, 0.3) is 0 Å². The van der Waals surface area contributed by atoms with Gasteiger partial charge in [-0.25, -0.2) is 4.90 Å². The van der Waals surface area contributed by atoms with Gasteiger partial charge < -0.3 is 4.74 Å². The second kappa shape index (κ2) is 3.50. The Balaban J connectivity index is 1.88. The zero-order chi connectivity index (χ0) is 14.1. The molecule has 0 aromatic heterocycles. The van der Waals surface area contributed by atoms with Gasteiger partial charge in [-0.3, -0.25) is 9.59 Å². The van der Waals surface area contributed by atoms with Gasteiger partial charge in [-0.05, 0) is 38.8 Å². The molecule has 0 spiro atoms. The number of benzene rings is 1. The molecule has 3 aliphatic heterocycles. The summed E-state index contributed by atoms with van der Waals surface area (Å²) in [6, 6.07) is 9.20. The number of hydrogen-bond donors (Lipinski definition) is 0. The molecule has 4 atom stereocenters. The molecule has 0 unspecified atom stereocenters. The molecular weight excluding hydrogens is 254 g/mol. The lowest BCUT2D eigenvalue weighted by molar-refractivity contribution is -0.132. The standard InChI is InChI=1S/C16H17NO3/c1-15-11-8-9-12(20-11)16(15,2)14(19)17(13(15)18)10-6-4-3-5-7-10/h3-7,11-12H,8-9H2,1-2H3/t11-,12+,15+,16-. The first-order chi connectivity index (χ1) is 9.51. The fourth-order valence-electron chi connectivity index (χ4n) is 4.24. The first-order valence-corrected chi connectivity index (χ1v) is 7.11. The Kier molecular flexibility index (Phi) is 2.11.